The van der Waals surface area contributed by atoms with Gasteiger partial charge in [-0.15, -0.1) is 0 Å². The van der Waals surface area contributed by atoms with Gasteiger partial charge in [-0.25, -0.2) is 4.79 Å². The molecule has 1 aliphatic rings. The van der Waals surface area contributed by atoms with Gasteiger partial charge in [0.2, 0.25) is 0 Å². The van der Waals surface area contributed by atoms with Crippen LogP contribution >= 0.6 is 22.6 Å². The summed E-state index contributed by atoms with van der Waals surface area (Å²) in [5.41, 5.74) is 2.05. The van der Waals surface area contributed by atoms with Crippen LogP contribution in [0.1, 0.15) is 50.8 Å². The molecule has 3 nitrogen and oxygen atoms in total. The fourth-order valence-corrected chi connectivity index (χ4v) is 3.11. The largest absolute Gasteiger partial charge is 0.444 e. The van der Waals surface area contributed by atoms with Gasteiger partial charge in [-0.1, -0.05) is 6.07 Å². The lowest BCUT2D eigenvalue weighted by Crippen LogP contribution is -2.36. The van der Waals surface area contributed by atoms with E-state index in [2.05, 4.69) is 47.7 Å². The zero-order chi connectivity index (χ0) is 14.9. The van der Waals surface area contributed by atoms with Crippen molar-refractivity contribution in [3.8, 4) is 0 Å². The highest BCUT2D eigenvalue weighted by atomic mass is 127. The molecule has 0 bridgehead atoms. The molecule has 1 heterocycles. The average Bonchev–Trinajstić information content (AvgIpc) is 2.79. The first-order valence-electron chi connectivity index (χ1n) is 7.03. The molecule has 20 heavy (non-hydrogen) atoms. The molecule has 1 atom stereocenters. The second kappa shape index (κ2) is 5.92. The number of nitrogens with zero attached hydrogens (tertiary/aromatic N) is 1. The predicted molar refractivity (Wildman–Crippen MR) is 88.8 cm³/mol. The second-order valence-corrected chi connectivity index (χ2v) is 7.58. The number of hydrogen-bond donors (Lipinski definition) is 0. The molecule has 1 unspecified atom stereocenters. The van der Waals surface area contributed by atoms with Crippen molar-refractivity contribution in [3.05, 3.63) is 32.9 Å². The molecule has 1 aromatic carbocycles. The molecule has 0 aliphatic carbocycles. The highest BCUT2D eigenvalue weighted by Gasteiger charge is 2.33. The molecule has 0 N–H and O–H groups in total. The number of carbonyl (C=O) groups excluding carboxylic acids is 1. The number of hydrogen-bond acceptors (Lipinski definition) is 2. The fourth-order valence-electron chi connectivity index (χ4n) is 2.60. The third-order valence-electron chi connectivity index (χ3n) is 3.48. The van der Waals surface area contributed by atoms with E-state index in [-0.39, 0.29) is 12.1 Å². The van der Waals surface area contributed by atoms with Gasteiger partial charge in [0, 0.05) is 10.1 Å². The first-order valence-corrected chi connectivity index (χ1v) is 8.11. The van der Waals surface area contributed by atoms with Gasteiger partial charge in [-0.3, -0.25) is 0 Å². The van der Waals surface area contributed by atoms with E-state index >= 15 is 0 Å². The van der Waals surface area contributed by atoms with Crippen LogP contribution in [0.3, 0.4) is 0 Å². The maximum Gasteiger partial charge on any atom is 0.410 e. The van der Waals surface area contributed by atoms with Gasteiger partial charge in [-0.05, 0) is 86.4 Å². The molecule has 0 aromatic heterocycles. The van der Waals surface area contributed by atoms with Crippen LogP contribution in [-0.4, -0.2) is 23.1 Å². The standard InChI is InChI=1S/C16H22INO2/c1-11-7-8-12(17)10-13(11)14-6-5-9-18(14)15(19)20-16(2,3)4/h7-8,10,14H,5-6,9H2,1-4H3. The van der Waals surface area contributed by atoms with E-state index in [4.69, 9.17) is 4.74 Å². The summed E-state index contributed by atoms with van der Waals surface area (Å²) in [6.07, 6.45) is 1.85. The van der Waals surface area contributed by atoms with E-state index in [1.165, 1.54) is 14.7 Å². The number of halogens is 1. The molecule has 1 aliphatic heterocycles. The molecular formula is C16H22INO2. The van der Waals surface area contributed by atoms with Crippen molar-refractivity contribution in [3.63, 3.8) is 0 Å². The normalized spacial score (nSPS) is 19.2. The van der Waals surface area contributed by atoms with Crippen LogP contribution in [0.4, 0.5) is 4.79 Å². The molecule has 0 spiro atoms. The lowest BCUT2D eigenvalue weighted by molar-refractivity contribution is 0.0224. The van der Waals surface area contributed by atoms with E-state index in [1.54, 1.807) is 0 Å². The summed E-state index contributed by atoms with van der Waals surface area (Å²) in [7, 11) is 0. The number of rotatable bonds is 1. The van der Waals surface area contributed by atoms with Gasteiger partial charge in [0.15, 0.2) is 0 Å². The van der Waals surface area contributed by atoms with E-state index in [1.807, 2.05) is 25.7 Å². The van der Waals surface area contributed by atoms with E-state index in [9.17, 15) is 4.79 Å². The predicted octanol–water partition coefficient (Wildman–Crippen LogP) is 4.67. The summed E-state index contributed by atoms with van der Waals surface area (Å²) in [4.78, 5) is 14.2. The average molecular weight is 387 g/mol. The number of benzene rings is 1. The van der Waals surface area contributed by atoms with E-state index < -0.39 is 5.60 Å². The minimum Gasteiger partial charge on any atom is -0.444 e. The SMILES string of the molecule is Cc1ccc(I)cc1C1CCCN1C(=O)OC(C)(C)C. The van der Waals surface area contributed by atoms with Crippen LogP contribution in [0.5, 0.6) is 0 Å². The molecule has 1 amide bonds. The molecule has 110 valence electrons. The fraction of sp³-hybridized carbons (Fsp3) is 0.562. The van der Waals surface area contributed by atoms with Crippen molar-refractivity contribution in [2.24, 2.45) is 0 Å². The molecular weight excluding hydrogens is 365 g/mol. The van der Waals surface area contributed by atoms with Crippen LogP contribution in [-0.2, 0) is 4.74 Å². The molecule has 1 saturated heterocycles. The van der Waals surface area contributed by atoms with Gasteiger partial charge in [-0.2, -0.15) is 0 Å². The van der Waals surface area contributed by atoms with Gasteiger partial charge < -0.3 is 9.64 Å². The summed E-state index contributed by atoms with van der Waals surface area (Å²) in [5.74, 6) is 0. The first kappa shape index (κ1) is 15.6. The van der Waals surface area contributed by atoms with Crippen molar-refractivity contribution >= 4 is 28.7 Å². The van der Waals surface area contributed by atoms with Crippen LogP contribution in [0, 0.1) is 10.5 Å². The summed E-state index contributed by atoms with van der Waals surface area (Å²) in [6, 6.07) is 6.57. The molecule has 4 heteroatoms. The Bertz CT molecular complexity index is 508. The Morgan fingerprint density at radius 1 is 1.40 bits per heavy atom. The maximum atomic E-state index is 12.3. The van der Waals surface area contributed by atoms with Crippen LogP contribution in [0.15, 0.2) is 18.2 Å². The Labute approximate surface area is 134 Å². The molecule has 1 fully saturated rings. The highest BCUT2D eigenvalue weighted by molar-refractivity contribution is 14.1. The Balaban J connectivity index is 2.23. The quantitative estimate of drug-likeness (QED) is 0.656. The van der Waals surface area contributed by atoms with Crippen molar-refractivity contribution in [1.29, 1.82) is 0 Å². The van der Waals surface area contributed by atoms with Crippen molar-refractivity contribution in [1.82, 2.24) is 4.90 Å². The zero-order valence-corrected chi connectivity index (χ0v) is 14.7. The minimum atomic E-state index is -0.440. The number of amides is 1. The number of likely N-dealkylation sites (tertiary alicyclic amines) is 1. The van der Waals surface area contributed by atoms with Crippen molar-refractivity contribution in [2.75, 3.05) is 6.54 Å². The minimum absolute atomic E-state index is 0.152. The number of aryl methyl sites for hydroxylation is 1. The van der Waals surface area contributed by atoms with Crippen LogP contribution in [0.25, 0.3) is 0 Å². The third-order valence-corrected chi connectivity index (χ3v) is 4.15. The van der Waals surface area contributed by atoms with Crippen molar-refractivity contribution < 1.29 is 9.53 Å². The summed E-state index contributed by atoms with van der Waals surface area (Å²) in [5, 5.41) is 0. The van der Waals surface area contributed by atoms with Gasteiger partial charge >= 0.3 is 6.09 Å². The molecule has 2 rings (SSSR count). The maximum absolute atomic E-state index is 12.3. The Hall–Kier alpha value is -0.780. The van der Waals surface area contributed by atoms with Crippen LogP contribution in [0.2, 0.25) is 0 Å². The lowest BCUT2D eigenvalue weighted by atomic mass is 9.99. The highest BCUT2D eigenvalue weighted by Crippen LogP contribution is 2.35. The lowest BCUT2D eigenvalue weighted by Gasteiger charge is -2.29. The smallest absolute Gasteiger partial charge is 0.410 e. The number of carbonyl (C=O) groups is 1. The zero-order valence-electron chi connectivity index (χ0n) is 12.6. The summed E-state index contributed by atoms with van der Waals surface area (Å²) < 4.78 is 6.74. The van der Waals surface area contributed by atoms with Gasteiger partial charge in [0.25, 0.3) is 0 Å². The Morgan fingerprint density at radius 2 is 2.10 bits per heavy atom. The topological polar surface area (TPSA) is 29.5 Å². The van der Waals surface area contributed by atoms with Crippen LogP contribution < -0.4 is 0 Å². The molecule has 0 radical (unpaired) electrons. The Morgan fingerprint density at radius 3 is 2.75 bits per heavy atom. The van der Waals surface area contributed by atoms with Gasteiger partial charge in [0.05, 0.1) is 6.04 Å². The Kier molecular flexibility index (Phi) is 4.62. The molecule has 0 saturated carbocycles. The van der Waals surface area contributed by atoms with E-state index in [0.29, 0.717) is 0 Å². The third kappa shape index (κ3) is 3.65. The second-order valence-electron chi connectivity index (χ2n) is 6.33. The van der Waals surface area contributed by atoms with Crippen molar-refractivity contribution in [2.45, 2.75) is 52.2 Å². The monoisotopic (exact) mass is 387 g/mol. The number of ether oxygens (including phenoxy) is 1. The summed E-state index contributed by atoms with van der Waals surface area (Å²) >= 11 is 2.32. The van der Waals surface area contributed by atoms with E-state index in [0.717, 1.165) is 19.4 Å². The first-order chi connectivity index (χ1) is 9.28. The van der Waals surface area contributed by atoms with Gasteiger partial charge in [0.1, 0.15) is 5.60 Å². The summed E-state index contributed by atoms with van der Waals surface area (Å²) in [6.45, 7) is 8.62. The molecule has 1 aromatic rings.